The van der Waals surface area contributed by atoms with Crippen LogP contribution in [0.1, 0.15) is 16.1 Å². The highest BCUT2D eigenvalue weighted by atomic mass is 35.5. The summed E-state index contributed by atoms with van der Waals surface area (Å²) < 4.78 is 34.1. The van der Waals surface area contributed by atoms with Gasteiger partial charge in [-0.1, -0.05) is 28.9 Å². The Morgan fingerprint density at radius 3 is 2.62 bits per heavy atom. The summed E-state index contributed by atoms with van der Waals surface area (Å²) in [7, 11) is 1.53. The predicted octanol–water partition coefficient (Wildman–Crippen LogP) is 2.61. The van der Waals surface area contributed by atoms with Crippen molar-refractivity contribution in [3.05, 3.63) is 70.6 Å². The Morgan fingerprint density at radius 1 is 1.12 bits per heavy atom. The van der Waals surface area contributed by atoms with Gasteiger partial charge in [-0.3, -0.25) is 10.2 Å². The highest BCUT2D eigenvalue weighted by Crippen LogP contribution is 2.35. The van der Waals surface area contributed by atoms with Crippen molar-refractivity contribution in [1.29, 1.82) is 0 Å². The third-order valence-electron chi connectivity index (χ3n) is 4.54. The summed E-state index contributed by atoms with van der Waals surface area (Å²) >= 11 is 6.02. The molecule has 2 heterocycles. The first-order chi connectivity index (χ1) is 16.3. The van der Waals surface area contributed by atoms with Crippen LogP contribution in [0.25, 0.3) is 22.5 Å². The topological polar surface area (TPSA) is 140 Å². The molecule has 2 aromatic carbocycles. The summed E-state index contributed by atoms with van der Waals surface area (Å²) in [6.07, 6.45) is 1.27. The second-order valence-corrected chi connectivity index (χ2v) is 7.29. The van der Waals surface area contributed by atoms with E-state index in [4.69, 9.17) is 11.6 Å². The number of hydrazine groups is 1. The number of halogens is 3. The Kier molecular flexibility index (Phi) is 6.45. The number of rotatable bonds is 5. The number of hydrogen-bond acceptors (Lipinski definition) is 7. The normalized spacial score (nSPS) is 10.7. The van der Waals surface area contributed by atoms with Crippen molar-refractivity contribution in [3.8, 4) is 22.5 Å². The van der Waals surface area contributed by atoms with Crippen LogP contribution in [0, 0.1) is 11.6 Å². The van der Waals surface area contributed by atoms with Gasteiger partial charge < -0.3 is 9.84 Å². The maximum atomic E-state index is 14.8. The van der Waals surface area contributed by atoms with Gasteiger partial charge in [0.2, 0.25) is 11.6 Å². The molecule has 11 nitrogen and oxygen atoms in total. The SMILES string of the molecule is Cn1nnc(-c2c(F)cc(Cl)cc2-c2ccc(CNC(=O)NNC(=O)c3ccno3)c(F)c2)n1. The number of aromatic nitrogens is 5. The smallest absolute Gasteiger partial charge is 0.333 e. The Morgan fingerprint density at radius 2 is 1.94 bits per heavy atom. The molecule has 2 aromatic heterocycles. The number of amides is 3. The van der Waals surface area contributed by atoms with E-state index in [0.29, 0.717) is 5.56 Å². The minimum absolute atomic E-state index is 0.0156. The largest absolute Gasteiger partial charge is 0.351 e. The van der Waals surface area contributed by atoms with Gasteiger partial charge in [-0.15, -0.1) is 10.2 Å². The molecule has 34 heavy (non-hydrogen) atoms. The maximum absolute atomic E-state index is 14.8. The number of urea groups is 1. The van der Waals surface area contributed by atoms with E-state index in [1.807, 2.05) is 0 Å². The molecular weight excluding hydrogens is 474 g/mol. The fourth-order valence-corrected chi connectivity index (χ4v) is 3.20. The second kappa shape index (κ2) is 9.62. The van der Waals surface area contributed by atoms with Gasteiger partial charge in [0, 0.05) is 23.2 Å². The lowest BCUT2D eigenvalue weighted by molar-refractivity contribution is 0.0899. The van der Waals surface area contributed by atoms with Crippen LogP contribution in [0.2, 0.25) is 5.02 Å². The molecule has 0 unspecified atom stereocenters. The number of carbonyl (C=O) groups excluding carboxylic acids is 2. The highest BCUT2D eigenvalue weighted by molar-refractivity contribution is 6.31. The molecule has 4 aromatic rings. The van der Waals surface area contributed by atoms with E-state index in [9.17, 15) is 18.4 Å². The molecule has 0 saturated heterocycles. The van der Waals surface area contributed by atoms with Crippen LogP contribution in [0.4, 0.5) is 13.6 Å². The van der Waals surface area contributed by atoms with Crippen LogP contribution in [0.15, 0.2) is 47.1 Å². The lowest BCUT2D eigenvalue weighted by atomic mass is 9.97. The van der Waals surface area contributed by atoms with E-state index >= 15 is 0 Å². The van der Waals surface area contributed by atoms with E-state index < -0.39 is 23.6 Å². The number of hydrogen-bond donors (Lipinski definition) is 3. The Balaban J connectivity index is 1.48. The molecule has 0 bridgehead atoms. The van der Waals surface area contributed by atoms with Gasteiger partial charge in [0.25, 0.3) is 0 Å². The summed E-state index contributed by atoms with van der Waals surface area (Å²) in [5.74, 6) is -2.16. The third kappa shape index (κ3) is 4.99. The molecule has 0 spiro atoms. The van der Waals surface area contributed by atoms with Gasteiger partial charge in [0.15, 0.2) is 0 Å². The minimum Gasteiger partial charge on any atom is -0.351 e. The second-order valence-electron chi connectivity index (χ2n) is 6.86. The van der Waals surface area contributed by atoms with E-state index in [0.717, 1.165) is 6.07 Å². The summed E-state index contributed by atoms with van der Waals surface area (Å²) in [4.78, 5) is 24.7. The van der Waals surface area contributed by atoms with Gasteiger partial charge in [0.05, 0.1) is 18.8 Å². The zero-order chi connectivity index (χ0) is 24.2. The molecule has 0 saturated carbocycles. The Hall–Kier alpha value is -4.39. The average Bonchev–Trinajstić information content (AvgIpc) is 3.48. The fourth-order valence-electron chi connectivity index (χ4n) is 3.00. The molecule has 0 aliphatic heterocycles. The van der Waals surface area contributed by atoms with Gasteiger partial charge in [-0.25, -0.2) is 19.0 Å². The number of benzene rings is 2. The van der Waals surface area contributed by atoms with E-state index in [-0.39, 0.29) is 39.8 Å². The van der Waals surface area contributed by atoms with Crippen LogP contribution < -0.4 is 16.2 Å². The average molecular weight is 489 g/mol. The highest BCUT2D eigenvalue weighted by Gasteiger charge is 2.19. The number of aryl methyl sites for hydroxylation is 1. The molecule has 0 fully saturated rings. The summed E-state index contributed by atoms with van der Waals surface area (Å²) in [6.45, 7) is -0.196. The maximum Gasteiger partial charge on any atom is 0.333 e. The molecule has 0 radical (unpaired) electrons. The first kappa shape index (κ1) is 22.8. The first-order valence-corrected chi connectivity index (χ1v) is 9.96. The molecule has 0 aliphatic carbocycles. The molecule has 3 N–H and O–H groups in total. The van der Waals surface area contributed by atoms with Crippen LogP contribution in [0.5, 0.6) is 0 Å². The molecular formula is C20H15ClF2N8O3. The summed E-state index contributed by atoms with van der Waals surface area (Å²) in [6, 6.07) is 7.22. The van der Waals surface area contributed by atoms with Crippen molar-refractivity contribution in [2.45, 2.75) is 6.54 Å². The standard InChI is InChI=1S/C20H15ClF2N8O3/c1-31-29-18(26-30-31)17-13(7-12(21)8-15(17)23)10-2-3-11(14(22)6-10)9-24-20(33)28-27-19(32)16-4-5-25-34-16/h2-8H,9H2,1H3,(H,27,32)(H2,24,28,33). The molecule has 3 amide bonds. The number of nitrogens with one attached hydrogen (secondary N) is 3. The first-order valence-electron chi connectivity index (χ1n) is 9.59. The minimum atomic E-state index is -0.788. The van der Waals surface area contributed by atoms with Gasteiger partial charge >= 0.3 is 11.9 Å². The zero-order valence-electron chi connectivity index (χ0n) is 17.3. The molecule has 0 atom stereocenters. The van der Waals surface area contributed by atoms with Crippen LogP contribution >= 0.6 is 11.6 Å². The number of nitrogens with zero attached hydrogens (tertiary/aromatic N) is 5. The van der Waals surface area contributed by atoms with Crippen LogP contribution in [-0.2, 0) is 13.6 Å². The Labute approximate surface area is 195 Å². The van der Waals surface area contributed by atoms with Crippen molar-refractivity contribution >= 4 is 23.5 Å². The number of carbonyl (C=O) groups is 2. The van der Waals surface area contributed by atoms with Crippen LogP contribution in [-0.4, -0.2) is 37.3 Å². The quantitative estimate of drug-likeness (QED) is 0.367. The third-order valence-corrected chi connectivity index (χ3v) is 4.76. The van der Waals surface area contributed by atoms with Crippen LogP contribution in [0.3, 0.4) is 0 Å². The monoisotopic (exact) mass is 488 g/mol. The Bertz CT molecular complexity index is 1360. The van der Waals surface area contributed by atoms with E-state index in [1.165, 1.54) is 48.4 Å². The lowest BCUT2D eigenvalue weighted by Crippen LogP contribution is -2.46. The molecule has 14 heteroatoms. The predicted molar refractivity (Wildman–Crippen MR) is 114 cm³/mol. The van der Waals surface area contributed by atoms with Crippen molar-refractivity contribution in [3.63, 3.8) is 0 Å². The fraction of sp³-hybridized carbons (Fsp3) is 0.100. The number of tetrazole rings is 1. The van der Waals surface area contributed by atoms with Crippen molar-refractivity contribution < 1.29 is 22.9 Å². The zero-order valence-corrected chi connectivity index (χ0v) is 18.1. The molecule has 174 valence electrons. The molecule has 0 aliphatic rings. The summed E-state index contributed by atoms with van der Waals surface area (Å²) in [5, 5.41) is 17.4. The van der Waals surface area contributed by atoms with Crippen molar-refractivity contribution in [1.82, 2.24) is 41.5 Å². The van der Waals surface area contributed by atoms with Gasteiger partial charge in [0.1, 0.15) is 11.6 Å². The van der Waals surface area contributed by atoms with Crippen molar-refractivity contribution in [2.75, 3.05) is 0 Å². The molecule has 4 rings (SSSR count). The summed E-state index contributed by atoms with van der Waals surface area (Å²) in [5.41, 5.74) is 4.95. The van der Waals surface area contributed by atoms with Crippen molar-refractivity contribution in [2.24, 2.45) is 7.05 Å². The lowest BCUT2D eigenvalue weighted by Gasteiger charge is -2.12. The van der Waals surface area contributed by atoms with Gasteiger partial charge in [-0.2, -0.15) is 4.80 Å². The van der Waals surface area contributed by atoms with Gasteiger partial charge in [-0.05, 0) is 34.5 Å². The van der Waals surface area contributed by atoms with E-state index in [2.05, 4.69) is 41.3 Å². The van der Waals surface area contributed by atoms with E-state index in [1.54, 1.807) is 0 Å².